The average molecular weight is 318 g/mol. The second-order valence-corrected chi connectivity index (χ2v) is 5.00. The lowest BCUT2D eigenvalue weighted by atomic mass is 10.2. The number of halogens is 2. The van der Waals surface area contributed by atoms with Gasteiger partial charge < -0.3 is 9.52 Å². The standard InChI is InChI=1S/C11H10BrClN2O2/c1-2-8(12)11-15-14-10(17-11)7-5-6(16)3-4-9(7)13/h3-5,8,16H,2H2,1H3. The Morgan fingerprint density at radius 1 is 1.47 bits per heavy atom. The molecule has 1 aromatic heterocycles. The van der Waals surface area contributed by atoms with Crippen LogP contribution < -0.4 is 0 Å². The normalized spacial score (nSPS) is 12.6. The van der Waals surface area contributed by atoms with E-state index in [1.165, 1.54) is 12.1 Å². The number of phenols is 1. The molecule has 17 heavy (non-hydrogen) atoms. The molecule has 0 aliphatic rings. The predicted molar refractivity (Wildman–Crippen MR) is 68.4 cm³/mol. The summed E-state index contributed by atoms with van der Waals surface area (Å²) in [6.07, 6.45) is 0.843. The summed E-state index contributed by atoms with van der Waals surface area (Å²) < 4.78 is 5.49. The van der Waals surface area contributed by atoms with Gasteiger partial charge in [0, 0.05) is 0 Å². The van der Waals surface area contributed by atoms with Gasteiger partial charge in [-0.05, 0) is 24.6 Å². The molecule has 0 radical (unpaired) electrons. The van der Waals surface area contributed by atoms with Crippen LogP contribution in [0.15, 0.2) is 22.6 Å². The van der Waals surface area contributed by atoms with Crippen LogP contribution in [0.1, 0.15) is 24.1 Å². The van der Waals surface area contributed by atoms with Gasteiger partial charge in [0.2, 0.25) is 11.8 Å². The van der Waals surface area contributed by atoms with E-state index in [4.69, 9.17) is 16.0 Å². The SMILES string of the molecule is CCC(Br)c1nnc(-c2cc(O)ccc2Cl)o1. The highest BCUT2D eigenvalue weighted by atomic mass is 79.9. The third kappa shape index (κ3) is 2.61. The maximum absolute atomic E-state index is 9.40. The van der Waals surface area contributed by atoms with E-state index >= 15 is 0 Å². The second kappa shape index (κ2) is 5.06. The van der Waals surface area contributed by atoms with Crippen LogP contribution in [-0.4, -0.2) is 15.3 Å². The van der Waals surface area contributed by atoms with Crippen LogP contribution in [0.25, 0.3) is 11.5 Å². The van der Waals surface area contributed by atoms with E-state index in [2.05, 4.69) is 26.1 Å². The fourth-order valence-corrected chi connectivity index (χ4v) is 1.71. The molecular weight excluding hydrogens is 307 g/mol. The van der Waals surface area contributed by atoms with Crippen molar-refractivity contribution in [3.8, 4) is 17.2 Å². The first-order valence-corrected chi connectivity index (χ1v) is 6.37. The maximum atomic E-state index is 9.40. The largest absolute Gasteiger partial charge is 0.508 e. The summed E-state index contributed by atoms with van der Waals surface area (Å²) in [7, 11) is 0. The Morgan fingerprint density at radius 3 is 2.94 bits per heavy atom. The molecule has 90 valence electrons. The van der Waals surface area contributed by atoms with E-state index in [9.17, 15) is 5.11 Å². The number of benzene rings is 1. The summed E-state index contributed by atoms with van der Waals surface area (Å²) in [4.78, 5) is 0.0276. The summed E-state index contributed by atoms with van der Waals surface area (Å²) in [5.74, 6) is 0.913. The Hall–Kier alpha value is -1.07. The van der Waals surface area contributed by atoms with Gasteiger partial charge in [0.05, 0.1) is 15.4 Å². The number of nitrogens with zero attached hydrogens (tertiary/aromatic N) is 2. The molecule has 1 N–H and O–H groups in total. The first-order valence-electron chi connectivity index (χ1n) is 5.08. The number of hydrogen-bond acceptors (Lipinski definition) is 4. The van der Waals surface area contributed by atoms with E-state index in [0.717, 1.165) is 6.42 Å². The fourth-order valence-electron chi connectivity index (χ4n) is 1.32. The Bertz CT molecular complexity index is 530. The lowest BCUT2D eigenvalue weighted by molar-refractivity contribution is 0.474. The molecular formula is C11H10BrClN2O2. The molecule has 0 spiro atoms. The number of alkyl halides is 1. The maximum Gasteiger partial charge on any atom is 0.249 e. The number of aromatic hydroxyl groups is 1. The lowest BCUT2D eigenvalue weighted by Gasteiger charge is -2.00. The number of rotatable bonds is 3. The van der Waals surface area contributed by atoms with Gasteiger partial charge >= 0.3 is 0 Å². The van der Waals surface area contributed by atoms with Crippen molar-refractivity contribution in [3.63, 3.8) is 0 Å². The van der Waals surface area contributed by atoms with E-state index in [0.29, 0.717) is 22.4 Å². The highest BCUT2D eigenvalue weighted by Crippen LogP contribution is 2.32. The molecule has 1 heterocycles. The van der Waals surface area contributed by atoms with Gasteiger partial charge in [-0.25, -0.2) is 0 Å². The summed E-state index contributed by atoms with van der Waals surface area (Å²) in [6, 6.07) is 4.58. The summed E-state index contributed by atoms with van der Waals surface area (Å²) in [5, 5.41) is 17.7. The molecule has 1 aromatic carbocycles. The Labute approximate surface area is 112 Å². The third-order valence-electron chi connectivity index (χ3n) is 2.25. The summed E-state index contributed by atoms with van der Waals surface area (Å²) in [6.45, 7) is 2.00. The van der Waals surface area contributed by atoms with Crippen LogP contribution in [0.4, 0.5) is 0 Å². The van der Waals surface area contributed by atoms with Crippen LogP contribution >= 0.6 is 27.5 Å². The average Bonchev–Trinajstić information content (AvgIpc) is 2.80. The minimum Gasteiger partial charge on any atom is -0.508 e. The van der Waals surface area contributed by atoms with E-state index < -0.39 is 0 Å². The highest BCUT2D eigenvalue weighted by Gasteiger charge is 2.16. The van der Waals surface area contributed by atoms with Crippen LogP contribution in [0.2, 0.25) is 5.02 Å². The van der Waals surface area contributed by atoms with Crippen molar-refractivity contribution in [2.24, 2.45) is 0 Å². The predicted octanol–water partition coefficient (Wildman–Crippen LogP) is 3.94. The number of aromatic nitrogens is 2. The van der Waals surface area contributed by atoms with Gasteiger partial charge in [-0.1, -0.05) is 34.5 Å². The number of phenolic OH excluding ortho intramolecular Hbond substituents is 1. The summed E-state index contributed by atoms with van der Waals surface area (Å²) >= 11 is 9.43. The van der Waals surface area contributed by atoms with Crippen molar-refractivity contribution < 1.29 is 9.52 Å². The molecule has 0 aliphatic carbocycles. The fraction of sp³-hybridized carbons (Fsp3) is 0.273. The molecule has 0 saturated heterocycles. The van der Waals surface area contributed by atoms with Gasteiger partial charge in [-0.2, -0.15) is 0 Å². The van der Waals surface area contributed by atoms with Gasteiger partial charge in [0.25, 0.3) is 0 Å². The van der Waals surface area contributed by atoms with Crippen molar-refractivity contribution in [1.29, 1.82) is 0 Å². The van der Waals surface area contributed by atoms with Gasteiger partial charge in [-0.15, -0.1) is 10.2 Å². The van der Waals surface area contributed by atoms with Crippen molar-refractivity contribution in [2.45, 2.75) is 18.2 Å². The van der Waals surface area contributed by atoms with E-state index in [-0.39, 0.29) is 10.6 Å². The van der Waals surface area contributed by atoms with Gasteiger partial charge in [0.1, 0.15) is 5.75 Å². The van der Waals surface area contributed by atoms with Crippen molar-refractivity contribution in [3.05, 3.63) is 29.1 Å². The monoisotopic (exact) mass is 316 g/mol. The van der Waals surface area contributed by atoms with Crippen LogP contribution in [0.5, 0.6) is 5.75 Å². The smallest absolute Gasteiger partial charge is 0.249 e. The zero-order valence-electron chi connectivity index (χ0n) is 9.02. The molecule has 2 aromatic rings. The Kier molecular flexibility index (Phi) is 3.69. The molecule has 2 rings (SSSR count). The minimum absolute atomic E-state index is 0.0276. The number of hydrogen-bond donors (Lipinski definition) is 1. The minimum atomic E-state index is 0.0276. The van der Waals surface area contributed by atoms with Crippen LogP contribution in [0.3, 0.4) is 0 Å². The Morgan fingerprint density at radius 2 is 2.24 bits per heavy atom. The highest BCUT2D eigenvalue weighted by molar-refractivity contribution is 9.09. The van der Waals surface area contributed by atoms with Crippen molar-refractivity contribution in [2.75, 3.05) is 0 Å². The molecule has 0 fully saturated rings. The quantitative estimate of drug-likeness (QED) is 0.871. The molecule has 1 unspecified atom stereocenters. The van der Waals surface area contributed by atoms with Crippen molar-refractivity contribution >= 4 is 27.5 Å². The van der Waals surface area contributed by atoms with E-state index in [1.54, 1.807) is 6.07 Å². The lowest BCUT2D eigenvalue weighted by Crippen LogP contribution is -1.86. The second-order valence-electron chi connectivity index (χ2n) is 3.49. The van der Waals surface area contributed by atoms with Crippen LogP contribution in [0, 0.1) is 0 Å². The van der Waals surface area contributed by atoms with Crippen LogP contribution in [-0.2, 0) is 0 Å². The van der Waals surface area contributed by atoms with Gasteiger partial charge in [0.15, 0.2) is 0 Å². The molecule has 0 saturated carbocycles. The van der Waals surface area contributed by atoms with Gasteiger partial charge in [-0.3, -0.25) is 0 Å². The first-order chi connectivity index (χ1) is 8.11. The third-order valence-corrected chi connectivity index (χ3v) is 3.62. The molecule has 0 bridgehead atoms. The zero-order valence-corrected chi connectivity index (χ0v) is 11.4. The summed E-state index contributed by atoms with van der Waals surface area (Å²) in [5.41, 5.74) is 0.529. The topological polar surface area (TPSA) is 59.2 Å². The Balaban J connectivity index is 2.40. The van der Waals surface area contributed by atoms with E-state index in [1.807, 2.05) is 6.92 Å². The molecule has 0 aliphatic heterocycles. The molecule has 4 nitrogen and oxygen atoms in total. The molecule has 6 heteroatoms. The molecule has 0 amide bonds. The zero-order chi connectivity index (χ0) is 12.4. The first kappa shape index (κ1) is 12.4. The van der Waals surface area contributed by atoms with Crippen molar-refractivity contribution in [1.82, 2.24) is 10.2 Å². The molecule has 1 atom stereocenters.